The van der Waals surface area contributed by atoms with E-state index in [0.29, 0.717) is 15.7 Å². The van der Waals surface area contributed by atoms with Crippen molar-refractivity contribution in [3.8, 4) is 0 Å². The van der Waals surface area contributed by atoms with Crippen LogP contribution < -0.4 is 0 Å². The Morgan fingerprint density at radius 3 is 2.87 bits per heavy atom. The molecule has 0 radical (unpaired) electrons. The minimum atomic E-state index is -0.403. The van der Waals surface area contributed by atoms with Gasteiger partial charge in [-0.25, -0.2) is 0 Å². The number of rotatable bonds is 2. The van der Waals surface area contributed by atoms with E-state index in [4.69, 9.17) is 4.74 Å². The van der Waals surface area contributed by atoms with E-state index in [1.165, 1.54) is 0 Å². The second kappa shape index (κ2) is 5.02. The van der Waals surface area contributed by atoms with Gasteiger partial charge in [-0.15, -0.1) is 0 Å². The molecule has 2 rings (SSSR count). The summed E-state index contributed by atoms with van der Waals surface area (Å²) in [5.74, 6) is 1.83. The number of ether oxygens (including phenoxy) is 1. The van der Waals surface area contributed by atoms with Crippen molar-refractivity contribution in [2.75, 3.05) is 12.4 Å². The summed E-state index contributed by atoms with van der Waals surface area (Å²) in [5.41, 5.74) is 0. The lowest BCUT2D eigenvalue weighted by atomic mass is 10.2. The lowest BCUT2D eigenvalue weighted by Crippen LogP contribution is -2.35. The molecule has 4 unspecified atom stereocenters. The molecule has 1 N–H and O–H groups in total. The highest BCUT2D eigenvalue weighted by atomic mass is 32.2. The van der Waals surface area contributed by atoms with Gasteiger partial charge >= 0.3 is 0 Å². The van der Waals surface area contributed by atoms with E-state index < -0.39 is 6.10 Å². The van der Waals surface area contributed by atoms with E-state index in [-0.39, 0.29) is 0 Å². The minimum absolute atomic E-state index is 0.297. The molecular formula is C11H18O2S2. The van der Waals surface area contributed by atoms with Crippen molar-refractivity contribution in [2.45, 2.75) is 42.1 Å². The Hall–Kier alpha value is 0.200. The van der Waals surface area contributed by atoms with Crippen molar-refractivity contribution in [2.24, 2.45) is 0 Å². The molecule has 4 atom stereocenters. The van der Waals surface area contributed by atoms with Gasteiger partial charge in [0, 0.05) is 27.9 Å². The average molecular weight is 246 g/mol. The van der Waals surface area contributed by atoms with Crippen LogP contribution in [0, 0.1) is 0 Å². The van der Waals surface area contributed by atoms with Crippen LogP contribution in [-0.2, 0) is 4.74 Å². The molecule has 0 aromatic heterocycles. The van der Waals surface area contributed by atoms with Crippen LogP contribution >= 0.6 is 23.5 Å². The third kappa shape index (κ3) is 2.66. The predicted octanol–water partition coefficient (Wildman–Crippen LogP) is 2.28. The third-order valence-corrected chi connectivity index (χ3v) is 6.43. The van der Waals surface area contributed by atoms with Crippen LogP contribution in [0.25, 0.3) is 0 Å². The van der Waals surface area contributed by atoms with Crippen LogP contribution in [0.3, 0.4) is 0 Å². The molecule has 0 aromatic carbocycles. The number of aliphatic hydroxyl groups excluding tert-OH is 1. The molecule has 0 saturated carbocycles. The average Bonchev–Trinajstić information content (AvgIpc) is 2.74. The number of hydrogen-bond acceptors (Lipinski definition) is 4. The molecule has 15 heavy (non-hydrogen) atoms. The van der Waals surface area contributed by atoms with E-state index in [9.17, 15) is 5.11 Å². The van der Waals surface area contributed by atoms with Crippen LogP contribution in [0.15, 0.2) is 11.8 Å². The van der Waals surface area contributed by atoms with Gasteiger partial charge in [-0.3, -0.25) is 0 Å². The number of thioether (sulfide) groups is 2. The molecule has 1 saturated heterocycles. The maximum atomic E-state index is 10.2. The van der Waals surface area contributed by atoms with E-state index in [1.54, 1.807) is 0 Å². The Morgan fingerprint density at radius 2 is 2.27 bits per heavy atom. The van der Waals surface area contributed by atoms with Crippen molar-refractivity contribution in [1.29, 1.82) is 0 Å². The van der Waals surface area contributed by atoms with Gasteiger partial charge in [0.15, 0.2) is 0 Å². The highest BCUT2D eigenvalue weighted by Crippen LogP contribution is 2.38. The first kappa shape index (κ1) is 11.7. The summed E-state index contributed by atoms with van der Waals surface area (Å²) in [5, 5.41) is 11.8. The first-order chi connectivity index (χ1) is 7.18. The Balaban J connectivity index is 1.93. The number of hydrogen-bond donors (Lipinski definition) is 1. The van der Waals surface area contributed by atoms with E-state index in [2.05, 4.69) is 13.8 Å². The molecule has 4 heteroatoms. The standard InChI is InChI=1S/C11H18O2S2/c1-7-8(2)15-10(6-14-7)11(12)9-4-3-5-13-9/h4,7-8,10-12H,3,5-6H2,1-2H3. The van der Waals surface area contributed by atoms with Gasteiger partial charge in [0.25, 0.3) is 0 Å². The quantitative estimate of drug-likeness (QED) is 0.809. The topological polar surface area (TPSA) is 29.5 Å². The zero-order valence-corrected chi connectivity index (χ0v) is 10.8. The molecule has 0 amide bonds. The lowest BCUT2D eigenvalue weighted by Gasteiger charge is -2.33. The Bertz CT molecular complexity index is 255. The van der Waals surface area contributed by atoms with Crippen LogP contribution in [0.5, 0.6) is 0 Å². The van der Waals surface area contributed by atoms with Crippen LogP contribution in [0.2, 0.25) is 0 Å². The van der Waals surface area contributed by atoms with Gasteiger partial charge in [0.1, 0.15) is 11.9 Å². The van der Waals surface area contributed by atoms with Gasteiger partial charge in [-0.2, -0.15) is 23.5 Å². The molecule has 1 fully saturated rings. The maximum absolute atomic E-state index is 10.2. The predicted molar refractivity (Wildman–Crippen MR) is 67.4 cm³/mol. The van der Waals surface area contributed by atoms with Crippen molar-refractivity contribution >= 4 is 23.5 Å². The Kier molecular flexibility index (Phi) is 3.91. The molecule has 0 aromatic rings. The lowest BCUT2D eigenvalue weighted by molar-refractivity contribution is 0.119. The summed E-state index contributed by atoms with van der Waals surface area (Å²) in [6.07, 6.45) is 2.57. The SMILES string of the molecule is CC1SCC(C(O)C2=CCCO2)SC1C. The monoisotopic (exact) mass is 246 g/mol. The molecule has 2 nitrogen and oxygen atoms in total. The summed E-state index contributed by atoms with van der Waals surface area (Å²) < 4.78 is 5.42. The van der Waals surface area contributed by atoms with Gasteiger partial charge in [0.2, 0.25) is 0 Å². The minimum Gasteiger partial charge on any atom is -0.495 e. The summed E-state index contributed by atoms with van der Waals surface area (Å²) in [7, 11) is 0. The summed E-state index contributed by atoms with van der Waals surface area (Å²) in [6, 6.07) is 0. The molecule has 2 aliphatic rings. The van der Waals surface area contributed by atoms with Gasteiger partial charge in [-0.05, 0) is 6.08 Å². The zero-order chi connectivity index (χ0) is 10.8. The van der Waals surface area contributed by atoms with Gasteiger partial charge < -0.3 is 9.84 Å². The Morgan fingerprint density at radius 1 is 1.47 bits per heavy atom. The molecule has 2 heterocycles. The smallest absolute Gasteiger partial charge is 0.123 e. The molecule has 0 bridgehead atoms. The number of aliphatic hydroxyl groups is 1. The summed E-state index contributed by atoms with van der Waals surface area (Å²) >= 11 is 3.86. The van der Waals surface area contributed by atoms with Crippen LogP contribution in [0.4, 0.5) is 0 Å². The van der Waals surface area contributed by atoms with Crippen molar-refractivity contribution in [1.82, 2.24) is 0 Å². The molecular weight excluding hydrogens is 228 g/mol. The normalized spacial score (nSPS) is 38.3. The largest absolute Gasteiger partial charge is 0.495 e. The van der Waals surface area contributed by atoms with Crippen LogP contribution in [-0.4, -0.2) is 39.3 Å². The molecule has 2 aliphatic heterocycles. The van der Waals surface area contributed by atoms with Gasteiger partial charge in [-0.1, -0.05) is 13.8 Å². The first-order valence-electron chi connectivity index (χ1n) is 5.46. The van der Waals surface area contributed by atoms with E-state index >= 15 is 0 Å². The fourth-order valence-electron chi connectivity index (χ4n) is 1.80. The summed E-state index contributed by atoms with van der Waals surface area (Å²) in [6.45, 7) is 5.24. The second-order valence-corrected chi connectivity index (χ2v) is 7.14. The highest BCUT2D eigenvalue weighted by molar-refractivity contribution is 8.07. The maximum Gasteiger partial charge on any atom is 0.123 e. The van der Waals surface area contributed by atoms with Crippen molar-refractivity contribution in [3.05, 3.63) is 11.8 Å². The summed E-state index contributed by atoms with van der Waals surface area (Å²) in [4.78, 5) is 0. The van der Waals surface area contributed by atoms with Crippen molar-refractivity contribution < 1.29 is 9.84 Å². The van der Waals surface area contributed by atoms with E-state index in [1.807, 2.05) is 29.6 Å². The van der Waals surface area contributed by atoms with Gasteiger partial charge in [0.05, 0.1) is 6.61 Å². The Labute approximate surface area is 99.8 Å². The molecule has 86 valence electrons. The zero-order valence-electron chi connectivity index (χ0n) is 9.18. The molecule has 0 aliphatic carbocycles. The molecule has 0 spiro atoms. The fraction of sp³-hybridized carbons (Fsp3) is 0.818. The first-order valence-corrected chi connectivity index (χ1v) is 7.45. The highest BCUT2D eigenvalue weighted by Gasteiger charge is 2.33. The van der Waals surface area contributed by atoms with Crippen LogP contribution in [0.1, 0.15) is 20.3 Å². The van der Waals surface area contributed by atoms with Crippen molar-refractivity contribution in [3.63, 3.8) is 0 Å². The second-order valence-electron chi connectivity index (χ2n) is 4.11. The third-order valence-electron chi connectivity index (χ3n) is 2.95. The fourth-order valence-corrected chi connectivity index (χ4v) is 4.78. The van der Waals surface area contributed by atoms with E-state index in [0.717, 1.165) is 24.5 Å².